The molecule has 0 aromatic heterocycles. The van der Waals surface area contributed by atoms with Crippen molar-refractivity contribution in [1.82, 2.24) is 10.2 Å². The summed E-state index contributed by atoms with van der Waals surface area (Å²) >= 11 is 4.87. The fourth-order valence-corrected chi connectivity index (χ4v) is 3.08. The molecule has 2 rings (SSSR count). The number of nitrogens with one attached hydrogen (secondary N) is 1. The average molecular weight is 255 g/mol. The highest BCUT2D eigenvalue weighted by Crippen LogP contribution is 2.27. The summed E-state index contributed by atoms with van der Waals surface area (Å²) in [6.07, 6.45) is 5.22. The van der Waals surface area contributed by atoms with Crippen LogP contribution in [-0.2, 0) is 4.79 Å². The van der Waals surface area contributed by atoms with Gasteiger partial charge in [0.25, 0.3) is 0 Å². The first-order valence-corrected chi connectivity index (χ1v) is 6.89. The molecule has 0 bridgehead atoms. The van der Waals surface area contributed by atoms with E-state index >= 15 is 0 Å². The first kappa shape index (κ1) is 12.8. The zero-order valence-corrected chi connectivity index (χ0v) is 11.0. The molecule has 2 atom stereocenters. The van der Waals surface area contributed by atoms with Crippen LogP contribution in [0.3, 0.4) is 0 Å². The van der Waals surface area contributed by atoms with E-state index in [-0.39, 0.29) is 11.8 Å². The second-order valence-corrected chi connectivity index (χ2v) is 5.54. The number of hydrogen-bond donors (Lipinski definition) is 2. The number of amides is 1. The van der Waals surface area contributed by atoms with Crippen molar-refractivity contribution in [3.63, 3.8) is 0 Å². The number of rotatable bonds is 5. The Balaban J connectivity index is 1.76. The van der Waals surface area contributed by atoms with Gasteiger partial charge in [0.2, 0.25) is 5.91 Å². The highest BCUT2D eigenvalue weighted by atomic mass is 32.1. The molecule has 3 N–H and O–H groups in total. The van der Waals surface area contributed by atoms with Gasteiger partial charge >= 0.3 is 0 Å². The van der Waals surface area contributed by atoms with Crippen molar-refractivity contribution in [2.45, 2.75) is 38.1 Å². The molecule has 0 aromatic carbocycles. The minimum atomic E-state index is 0.235. The van der Waals surface area contributed by atoms with Gasteiger partial charge in [-0.1, -0.05) is 12.2 Å². The third kappa shape index (κ3) is 3.16. The number of hydrogen-bond acceptors (Lipinski definition) is 3. The Bertz CT molecular complexity index is 308. The number of carbonyl (C=O) groups is 1. The minimum Gasteiger partial charge on any atom is -0.393 e. The molecule has 1 amide bonds. The number of nitrogens with zero attached hydrogens (tertiary/aromatic N) is 1. The summed E-state index contributed by atoms with van der Waals surface area (Å²) in [5.74, 6) is 0.488. The zero-order chi connectivity index (χ0) is 12.3. The van der Waals surface area contributed by atoms with Crippen LogP contribution in [0.15, 0.2) is 0 Å². The van der Waals surface area contributed by atoms with Crippen LogP contribution in [0.5, 0.6) is 0 Å². The van der Waals surface area contributed by atoms with Gasteiger partial charge in [0, 0.05) is 12.6 Å². The minimum absolute atomic E-state index is 0.235. The molecule has 17 heavy (non-hydrogen) atoms. The first-order chi connectivity index (χ1) is 8.18. The molecule has 2 unspecified atom stereocenters. The normalized spacial score (nSPS) is 28.8. The third-order valence-electron chi connectivity index (χ3n) is 3.83. The highest BCUT2D eigenvalue weighted by Gasteiger charge is 2.40. The van der Waals surface area contributed by atoms with Crippen molar-refractivity contribution in [3.05, 3.63) is 0 Å². The molecule has 5 heteroatoms. The molecule has 4 nitrogen and oxygen atoms in total. The monoisotopic (exact) mass is 255 g/mol. The van der Waals surface area contributed by atoms with E-state index in [1.54, 1.807) is 0 Å². The maximum absolute atomic E-state index is 11.6. The number of piperidine rings is 1. The van der Waals surface area contributed by atoms with E-state index in [4.69, 9.17) is 18.0 Å². The van der Waals surface area contributed by atoms with Gasteiger partial charge in [-0.2, -0.15) is 0 Å². The number of nitrogens with two attached hydrogens (primary N) is 1. The summed E-state index contributed by atoms with van der Waals surface area (Å²) in [6.45, 7) is 3.03. The summed E-state index contributed by atoms with van der Waals surface area (Å²) < 4.78 is 0. The highest BCUT2D eigenvalue weighted by molar-refractivity contribution is 7.80. The second-order valence-electron chi connectivity index (χ2n) is 5.02. The summed E-state index contributed by atoms with van der Waals surface area (Å²) in [5, 5.41) is 2.98. The molecule has 0 spiro atoms. The second kappa shape index (κ2) is 5.78. The van der Waals surface area contributed by atoms with Crippen LogP contribution in [0.2, 0.25) is 0 Å². The van der Waals surface area contributed by atoms with Gasteiger partial charge < -0.3 is 11.1 Å². The maximum Gasteiger partial charge on any atom is 0.224 e. The molecular formula is C12H21N3OS. The van der Waals surface area contributed by atoms with Crippen LogP contribution < -0.4 is 11.1 Å². The van der Waals surface area contributed by atoms with Crippen LogP contribution in [0.25, 0.3) is 0 Å². The molecule has 2 fully saturated rings. The Labute approximate surface area is 108 Å². The number of fused-ring (bicyclic) bond motifs is 1. The van der Waals surface area contributed by atoms with Gasteiger partial charge in [0.05, 0.1) is 10.9 Å². The van der Waals surface area contributed by atoms with Gasteiger partial charge in [-0.05, 0) is 45.2 Å². The van der Waals surface area contributed by atoms with Crippen molar-refractivity contribution in [3.8, 4) is 0 Å². The van der Waals surface area contributed by atoms with Gasteiger partial charge in [-0.15, -0.1) is 0 Å². The topological polar surface area (TPSA) is 58.4 Å². The molecule has 2 aliphatic rings. The van der Waals surface area contributed by atoms with E-state index < -0.39 is 0 Å². The molecule has 0 aromatic rings. The Morgan fingerprint density at radius 3 is 3.12 bits per heavy atom. The lowest BCUT2D eigenvalue weighted by atomic mass is 9.91. The van der Waals surface area contributed by atoms with Gasteiger partial charge in [-0.25, -0.2) is 0 Å². The van der Waals surface area contributed by atoms with Crippen molar-refractivity contribution >= 4 is 23.1 Å². The fraction of sp³-hybridized carbons (Fsp3) is 0.833. The number of unbranched alkanes of at least 4 members (excludes halogenated alkanes) is 1. The molecule has 0 aliphatic carbocycles. The summed E-state index contributed by atoms with van der Waals surface area (Å²) in [5.41, 5.74) is 5.48. The summed E-state index contributed by atoms with van der Waals surface area (Å²) in [6, 6.07) is 0.432. The van der Waals surface area contributed by atoms with E-state index in [1.165, 1.54) is 0 Å². The predicted molar refractivity (Wildman–Crippen MR) is 71.7 cm³/mol. The molecule has 2 heterocycles. The predicted octanol–water partition coefficient (Wildman–Crippen LogP) is 0.653. The SMILES string of the molecule is NC(=S)CCCCN1CCCC2C(=O)NCC21. The summed E-state index contributed by atoms with van der Waals surface area (Å²) in [4.78, 5) is 14.7. The number of thiocarbonyl (C=S) groups is 1. The average Bonchev–Trinajstić information content (AvgIpc) is 2.67. The van der Waals surface area contributed by atoms with E-state index in [0.717, 1.165) is 51.7 Å². The molecule has 96 valence electrons. The van der Waals surface area contributed by atoms with E-state index in [2.05, 4.69) is 10.2 Å². The molecule has 0 radical (unpaired) electrons. The van der Waals surface area contributed by atoms with Crippen LogP contribution in [0.1, 0.15) is 32.1 Å². The standard InChI is InChI=1S/C12H21N3OS/c13-11(17)5-1-2-6-15-7-3-4-9-10(15)8-14-12(9)16/h9-10H,1-8H2,(H2,13,17)(H,14,16). The van der Waals surface area contributed by atoms with E-state index in [1.807, 2.05) is 0 Å². The smallest absolute Gasteiger partial charge is 0.224 e. The Morgan fingerprint density at radius 1 is 1.53 bits per heavy atom. The molecule has 0 saturated carbocycles. The zero-order valence-electron chi connectivity index (χ0n) is 10.2. The largest absolute Gasteiger partial charge is 0.393 e. The van der Waals surface area contributed by atoms with E-state index in [9.17, 15) is 4.79 Å². The molecule has 2 saturated heterocycles. The fourth-order valence-electron chi connectivity index (χ4n) is 2.93. The summed E-state index contributed by atoms with van der Waals surface area (Å²) in [7, 11) is 0. The van der Waals surface area contributed by atoms with Crippen molar-refractivity contribution < 1.29 is 4.79 Å². The first-order valence-electron chi connectivity index (χ1n) is 6.48. The van der Waals surface area contributed by atoms with Crippen LogP contribution in [0.4, 0.5) is 0 Å². The third-order valence-corrected chi connectivity index (χ3v) is 4.04. The lowest BCUT2D eigenvalue weighted by Gasteiger charge is -2.35. The van der Waals surface area contributed by atoms with Gasteiger partial charge in [0.1, 0.15) is 0 Å². The van der Waals surface area contributed by atoms with Gasteiger partial charge in [-0.3, -0.25) is 9.69 Å². The Morgan fingerprint density at radius 2 is 2.35 bits per heavy atom. The van der Waals surface area contributed by atoms with Crippen molar-refractivity contribution in [2.75, 3.05) is 19.6 Å². The van der Waals surface area contributed by atoms with Crippen LogP contribution in [-0.4, -0.2) is 41.5 Å². The molecular weight excluding hydrogens is 234 g/mol. The van der Waals surface area contributed by atoms with Crippen LogP contribution in [0, 0.1) is 5.92 Å². The number of carbonyl (C=O) groups excluding carboxylic acids is 1. The van der Waals surface area contributed by atoms with Crippen LogP contribution >= 0.6 is 12.2 Å². The van der Waals surface area contributed by atoms with Crippen molar-refractivity contribution in [2.24, 2.45) is 11.7 Å². The Hall–Kier alpha value is -0.680. The lowest BCUT2D eigenvalue weighted by molar-refractivity contribution is -0.124. The molecule has 2 aliphatic heterocycles. The van der Waals surface area contributed by atoms with E-state index in [0.29, 0.717) is 11.0 Å². The van der Waals surface area contributed by atoms with Gasteiger partial charge in [0.15, 0.2) is 0 Å². The van der Waals surface area contributed by atoms with Crippen molar-refractivity contribution in [1.29, 1.82) is 0 Å². The quantitative estimate of drug-likeness (QED) is 0.559. The Kier molecular flexibility index (Phi) is 4.34. The maximum atomic E-state index is 11.6. The number of likely N-dealkylation sites (tertiary alicyclic amines) is 1. The lowest BCUT2D eigenvalue weighted by Crippen LogP contribution is -2.45.